The van der Waals surface area contributed by atoms with Gasteiger partial charge in [0, 0.05) is 18.9 Å². The van der Waals surface area contributed by atoms with E-state index in [1.54, 1.807) is 12.3 Å². The van der Waals surface area contributed by atoms with E-state index in [1.165, 1.54) is 26.3 Å². The van der Waals surface area contributed by atoms with Gasteiger partial charge in [-0.15, -0.1) is 0 Å². The summed E-state index contributed by atoms with van der Waals surface area (Å²) < 4.78 is 32.4. The predicted octanol–water partition coefficient (Wildman–Crippen LogP) is 1.23. The Balaban J connectivity index is 2.18. The molecule has 2 aromatic rings. The van der Waals surface area contributed by atoms with Crippen molar-refractivity contribution in [1.82, 2.24) is 20.3 Å². The Morgan fingerprint density at radius 3 is 2.67 bits per heavy atom. The number of carbonyl (C=O) groups is 1. The molecule has 0 aliphatic heterocycles. The number of thiocarbonyl (C=S) groups is 1. The van der Waals surface area contributed by atoms with Gasteiger partial charge < -0.3 is 20.4 Å². The first kappa shape index (κ1) is 20.7. The molecule has 1 heterocycles. The largest absolute Gasteiger partial charge is 0.495 e. The van der Waals surface area contributed by atoms with E-state index in [0.717, 1.165) is 5.69 Å². The maximum absolute atomic E-state index is 12.5. The summed E-state index contributed by atoms with van der Waals surface area (Å²) in [6.07, 6.45) is 1.80. The summed E-state index contributed by atoms with van der Waals surface area (Å²) in [6, 6.07) is 8.09. The average Bonchev–Trinajstić information content (AvgIpc) is 3.16. The van der Waals surface area contributed by atoms with Crippen molar-refractivity contribution in [1.29, 1.82) is 0 Å². The number of hydrogen-bond acceptors (Lipinski definition) is 5. The first-order valence-electron chi connectivity index (χ1n) is 8.11. The Morgan fingerprint density at radius 1 is 1.33 bits per heavy atom. The zero-order valence-electron chi connectivity index (χ0n) is 15.2. The molecule has 1 atom stereocenters. The van der Waals surface area contributed by atoms with Crippen molar-refractivity contribution < 1.29 is 17.9 Å². The molecule has 0 aliphatic rings. The van der Waals surface area contributed by atoms with Gasteiger partial charge in [-0.25, -0.2) is 8.42 Å². The van der Waals surface area contributed by atoms with Gasteiger partial charge in [-0.05, 0) is 49.0 Å². The number of aromatic amines is 1. The van der Waals surface area contributed by atoms with Crippen molar-refractivity contribution in [2.45, 2.75) is 24.3 Å². The van der Waals surface area contributed by atoms with Gasteiger partial charge in [-0.3, -0.25) is 9.52 Å². The first-order chi connectivity index (χ1) is 12.8. The second kappa shape index (κ2) is 8.87. The standard InChI is InChI=1S/C17H22N4O4S2/c1-11(13-5-4-8-19-13)20-16(22)10-12-6-7-14(25-3)15(9-12)27(23,24)21-17(26)18-2/h4-9,11,19H,10H2,1-3H3,(H,20,22)(H2,18,21,26). The van der Waals surface area contributed by atoms with Crippen LogP contribution in [0.15, 0.2) is 41.4 Å². The van der Waals surface area contributed by atoms with Gasteiger partial charge in [0.05, 0.1) is 19.6 Å². The minimum atomic E-state index is -3.95. The van der Waals surface area contributed by atoms with E-state index in [2.05, 4.69) is 20.3 Å². The number of aromatic nitrogens is 1. The molecule has 1 aromatic heterocycles. The molecule has 0 bridgehead atoms. The van der Waals surface area contributed by atoms with E-state index in [9.17, 15) is 13.2 Å². The fourth-order valence-electron chi connectivity index (χ4n) is 2.44. The maximum atomic E-state index is 12.5. The Bertz CT molecular complexity index is 911. The lowest BCUT2D eigenvalue weighted by Gasteiger charge is -2.15. The van der Waals surface area contributed by atoms with Gasteiger partial charge in [-0.2, -0.15) is 0 Å². The number of methoxy groups -OCH3 is 1. The monoisotopic (exact) mass is 410 g/mol. The number of nitrogens with one attached hydrogen (secondary N) is 4. The van der Waals surface area contributed by atoms with E-state index in [-0.39, 0.29) is 34.1 Å². The quantitative estimate of drug-likeness (QED) is 0.511. The highest BCUT2D eigenvalue weighted by atomic mass is 32.2. The van der Waals surface area contributed by atoms with Crippen molar-refractivity contribution >= 4 is 33.3 Å². The summed E-state index contributed by atoms with van der Waals surface area (Å²) >= 11 is 4.86. The lowest BCUT2D eigenvalue weighted by molar-refractivity contribution is -0.121. The van der Waals surface area contributed by atoms with Crippen LogP contribution in [0.4, 0.5) is 0 Å². The van der Waals surface area contributed by atoms with Crippen LogP contribution in [0, 0.1) is 0 Å². The molecule has 10 heteroatoms. The van der Waals surface area contributed by atoms with Crippen molar-refractivity contribution in [2.75, 3.05) is 14.2 Å². The van der Waals surface area contributed by atoms with Crippen LogP contribution in [0.2, 0.25) is 0 Å². The SMILES string of the molecule is CNC(=S)NS(=O)(=O)c1cc(CC(=O)NC(C)c2ccc[nH]2)ccc1OC. The number of rotatable bonds is 7. The number of H-pyrrole nitrogens is 1. The second-order valence-corrected chi connectivity index (χ2v) is 7.82. The molecule has 0 radical (unpaired) electrons. The molecule has 0 saturated carbocycles. The zero-order valence-corrected chi connectivity index (χ0v) is 16.8. The topological polar surface area (TPSA) is 112 Å². The molecule has 8 nitrogen and oxygen atoms in total. The van der Waals surface area contributed by atoms with Crippen molar-refractivity contribution in [2.24, 2.45) is 0 Å². The zero-order chi connectivity index (χ0) is 20.0. The number of ether oxygens (including phenoxy) is 1. The number of amides is 1. The van der Waals surface area contributed by atoms with Gasteiger partial charge in [-0.1, -0.05) is 6.07 Å². The number of benzene rings is 1. The normalized spacial score (nSPS) is 12.1. The summed E-state index contributed by atoms with van der Waals surface area (Å²) in [4.78, 5) is 15.3. The third-order valence-corrected chi connectivity index (χ3v) is 5.61. The molecular weight excluding hydrogens is 388 g/mol. The minimum absolute atomic E-state index is 0.0219. The average molecular weight is 411 g/mol. The maximum Gasteiger partial charge on any atom is 0.267 e. The van der Waals surface area contributed by atoms with Crippen LogP contribution in [0.3, 0.4) is 0 Å². The van der Waals surface area contributed by atoms with Crippen LogP contribution in [0.5, 0.6) is 5.75 Å². The Kier molecular flexibility index (Phi) is 6.81. The highest BCUT2D eigenvalue weighted by Gasteiger charge is 2.22. The molecule has 0 spiro atoms. The molecule has 1 amide bonds. The van der Waals surface area contributed by atoms with Crippen LogP contribution < -0.4 is 20.1 Å². The van der Waals surface area contributed by atoms with Crippen molar-refractivity contribution in [3.8, 4) is 5.75 Å². The molecule has 0 aliphatic carbocycles. The fourth-order valence-corrected chi connectivity index (χ4v) is 3.95. The summed E-state index contributed by atoms with van der Waals surface area (Å²) in [6.45, 7) is 1.86. The summed E-state index contributed by atoms with van der Waals surface area (Å²) in [5, 5.41) is 5.36. The Labute approximate surface area is 163 Å². The predicted molar refractivity (Wildman–Crippen MR) is 106 cm³/mol. The molecule has 1 unspecified atom stereocenters. The van der Waals surface area contributed by atoms with E-state index >= 15 is 0 Å². The number of sulfonamides is 1. The van der Waals surface area contributed by atoms with Crippen LogP contribution in [0.25, 0.3) is 0 Å². The Morgan fingerprint density at radius 2 is 2.07 bits per heavy atom. The second-order valence-electron chi connectivity index (χ2n) is 5.76. The van der Waals surface area contributed by atoms with Crippen molar-refractivity contribution in [3.63, 3.8) is 0 Å². The molecule has 2 rings (SSSR count). The number of hydrogen-bond donors (Lipinski definition) is 4. The van der Waals surface area contributed by atoms with Gasteiger partial charge >= 0.3 is 0 Å². The third-order valence-electron chi connectivity index (χ3n) is 3.80. The highest BCUT2D eigenvalue weighted by Crippen LogP contribution is 2.25. The lowest BCUT2D eigenvalue weighted by atomic mass is 10.1. The van der Waals surface area contributed by atoms with Crippen LogP contribution in [0.1, 0.15) is 24.2 Å². The van der Waals surface area contributed by atoms with E-state index in [4.69, 9.17) is 17.0 Å². The number of carbonyl (C=O) groups excluding carboxylic acids is 1. The molecule has 1 aromatic carbocycles. The molecule has 4 N–H and O–H groups in total. The minimum Gasteiger partial charge on any atom is -0.495 e. The third kappa shape index (κ3) is 5.44. The first-order valence-corrected chi connectivity index (χ1v) is 10.00. The van der Waals surface area contributed by atoms with Gasteiger partial charge in [0.15, 0.2) is 5.11 Å². The van der Waals surface area contributed by atoms with Crippen molar-refractivity contribution in [3.05, 3.63) is 47.8 Å². The van der Waals surface area contributed by atoms with Crippen LogP contribution >= 0.6 is 12.2 Å². The molecule has 146 valence electrons. The molecule has 27 heavy (non-hydrogen) atoms. The van der Waals surface area contributed by atoms with E-state index in [1.807, 2.05) is 19.1 Å². The summed E-state index contributed by atoms with van der Waals surface area (Å²) in [5.74, 6) is -0.0744. The summed E-state index contributed by atoms with van der Waals surface area (Å²) in [7, 11) is -1.07. The molecule has 0 saturated heterocycles. The Hall–Kier alpha value is -2.59. The van der Waals surface area contributed by atoms with Gasteiger partial charge in [0.2, 0.25) is 5.91 Å². The summed E-state index contributed by atoms with van der Waals surface area (Å²) in [5.41, 5.74) is 1.41. The molecule has 0 fully saturated rings. The van der Waals surface area contributed by atoms with E-state index < -0.39 is 10.0 Å². The van der Waals surface area contributed by atoms with Crippen LogP contribution in [-0.2, 0) is 21.2 Å². The smallest absolute Gasteiger partial charge is 0.267 e. The lowest BCUT2D eigenvalue weighted by Crippen LogP contribution is -2.37. The van der Waals surface area contributed by atoms with Crippen LogP contribution in [-0.4, -0.2) is 38.6 Å². The van der Waals surface area contributed by atoms with E-state index in [0.29, 0.717) is 5.56 Å². The van der Waals surface area contributed by atoms with Gasteiger partial charge in [0.1, 0.15) is 10.6 Å². The molecular formula is C17H22N4O4S2. The fraction of sp³-hybridized carbons (Fsp3) is 0.294. The highest BCUT2D eigenvalue weighted by molar-refractivity contribution is 7.92. The van der Waals surface area contributed by atoms with Gasteiger partial charge in [0.25, 0.3) is 10.0 Å².